The van der Waals surface area contributed by atoms with Gasteiger partial charge in [-0.3, -0.25) is 9.59 Å². The van der Waals surface area contributed by atoms with Gasteiger partial charge in [0.25, 0.3) is 0 Å². The normalized spacial score (nSPS) is 32.5. The largest absolute Gasteiger partial charge is 0.515 e. The average molecular weight is 1350 g/mol. The predicted molar refractivity (Wildman–Crippen MR) is 345 cm³/mol. The Morgan fingerprint density at radius 1 is 0.261 bits per heavy atom. The Kier molecular flexibility index (Phi) is 17.0. The summed E-state index contributed by atoms with van der Waals surface area (Å²) in [6.07, 6.45) is 0.518. The molecule has 6 heterocycles. The van der Waals surface area contributed by atoms with Gasteiger partial charge < -0.3 is 67.1 Å². The standard InChI is InChI=1S/C60H64O18Si10/c1-51(61)63-47-29-49-79(3)65-81(53-31-13-5-14-32-53)69-85(57-39-21-9-22-40-57)73-83(55-35-17-7-18-36-55)67-80(4,50-30-48-64-52(2)62)68-84(56-37-19-8-20-38-56)75-87(77-85,59-43-25-11-26-44-59)71-82(66-79,54-33-15-6-16-34-54)72-88(76-84,60-45-27-12-28-46-60)78-86(70-81,74-83)58-41-23-10-24-42-58/h5-28,31-46H,29-30,47-50H2,1-4H3. The van der Waals surface area contributed by atoms with E-state index < -0.39 is 99.5 Å². The number of rotatable bonds is 16. The van der Waals surface area contributed by atoms with Crippen molar-refractivity contribution >= 4 is 141 Å². The van der Waals surface area contributed by atoms with Crippen LogP contribution in [-0.2, 0) is 76.7 Å². The van der Waals surface area contributed by atoms with Crippen LogP contribution in [0.5, 0.6) is 0 Å². The van der Waals surface area contributed by atoms with E-state index in [2.05, 4.69) is 0 Å². The summed E-state index contributed by atoms with van der Waals surface area (Å²) in [5.41, 5.74) is 0. The topological polar surface area (TPSA) is 182 Å². The fraction of sp³-hybridized carbons (Fsp3) is 0.167. The summed E-state index contributed by atoms with van der Waals surface area (Å²) in [4.78, 5) is 25.2. The highest BCUT2D eigenvalue weighted by molar-refractivity contribution is 7.12. The van der Waals surface area contributed by atoms with Gasteiger partial charge >= 0.3 is 99.5 Å². The molecular weight excluding hydrogens is 1290 g/mol. The first-order chi connectivity index (χ1) is 42.6. The van der Waals surface area contributed by atoms with E-state index in [1.54, 1.807) is 0 Å². The van der Waals surface area contributed by atoms with Crippen molar-refractivity contribution in [3.63, 3.8) is 0 Å². The second-order valence-corrected chi connectivity index (χ2v) is 52.4. The van der Waals surface area contributed by atoms with Crippen LogP contribution in [0.4, 0.5) is 0 Å². The zero-order chi connectivity index (χ0) is 60.6. The number of fused-ring (bicyclic) bond motifs is 4. The average Bonchev–Trinajstić information content (AvgIpc) is 0.698. The molecule has 0 N–H and O–H groups in total. The molecule has 88 heavy (non-hydrogen) atoms. The minimum absolute atomic E-state index is 0.0178. The molecule has 0 radical (unpaired) electrons. The van der Waals surface area contributed by atoms with Gasteiger partial charge in [-0.15, -0.1) is 0 Å². The van der Waals surface area contributed by atoms with Crippen LogP contribution in [0, 0.1) is 0 Å². The number of esters is 2. The Hall–Kier alpha value is -5.69. The lowest BCUT2D eigenvalue weighted by atomic mass is 10.4. The molecule has 0 aromatic heterocycles. The molecule has 6 saturated heterocycles. The minimum Gasteiger partial charge on any atom is -0.466 e. The third kappa shape index (κ3) is 11.9. The molecule has 6 aliphatic heterocycles. The van der Waals surface area contributed by atoms with Gasteiger partial charge in [0.15, 0.2) is 0 Å². The highest BCUT2D eigenvalue weighted by Crippen LogP contribution is 2.48. The number of ether oxygens (including phenoxy) is 2. The lowest BCUT2D eigenvalue weighted by Crippen LogP contribution is -2.93. The van der Waals surface area contributed by atoms with Gasteiger partial charge in [0.2, 0.25) is 0 Å². The highest BCUT2D eigenvalue weighted by atomic mass is 28.6. The minimum atomic E-state index is -5.28. The molecule has 8 bridgehead atoms. The van der Waals surface area contributed by atoms with Crippen molar-refractivity contribution in [1.29, 1.82) is 0 Å². The Balaban J connectivity index is 1.29. The maximum absolute atomic E-state index is 12.6. The van der Waals surface area contributed by atoms with Gasteiger partial charge in [0.05, 0.1) is 13.2 Å². The molecular formula is C60H64O18Si10. The van der Waals surface area contributed by atoms with Crippen LogP contribution in [0.3, 0.4) is 0 Å². The Labute approximate surface area is 522 Å². The summed E-state index contributed by atoms with van der Waals surface area (Å²) in [5, 5.41) is 3.67. The van der Waals surface area contributed by atoms with Gasteiger partial charge in [-0.25, -0.2) is 0 Å². The Bertz CT molecular complexity index is 3240. The molecule has 0 unspecified atom stereocenters. The first-order valence-corrected chi connectivity index (χ1v) is 47.9. The van der Waals surface area contributed by atoms with Crippen molar-refractivity contribution in [3.8, 4) is 0 Å². The fourth-order valence-electron chi connectivity index (χ4n) is 11.4. The van der Waals surface area contributed by atoms with E-state index >= 15 is 0 Å². The smallest absolute Gasteiger partial charge is 0.466 e. The van der Waals surface area contributed by atoms with Crippen molar-refractivity contribution in [1.82, 2.24) is 0 Å². The first-order valence-electron chi connectivity index (χ1n) is 29.1. The van der Waals surface area contributed by atoms with E-state index in [0.29, 0.717) is 41.5 Å². The number of carbonyl (C=O) groups is 2. The number of carbonyl (C=O) groups excluding carboxylic acids is 2. The van der Waals surface area contributed by atoms with Crippen molar-refractivity contribution in [2.45, 2.75) is 51.9 Å². The summed E-state index contributed by atoms with van der Waals surface area (Å²) in [7, 11) is -50.1. The molecule has 18 nitrogen and oxygen atoms in total. The maximum atomic E-state index is 12.6. The summed E-state index contributed by atoms with van der Waals surface area (Å²) >= 11 is 0. The van der Waals surface area contributed by atoms with E-state index in [1.165, 1.54) is 13.8 Å². The second kappa shape index (κ2) is 24.5. The third-order valence-corrected chi connectivity index (χ3v) is 58.8. The molecule has 6 fully saturated rings. The van der Waals surface area contributed by atoms with Crippen molar-refractivity contribution in [3.05, 3.63) is 243 Å². The van der Waals surface area contributed by atoms with Crippen LogP contribution in [-0.4, -0.2) is 113 Å². The van der Waals surface area contributed by atoms with E-state index in [1.807, 2.05) is 256 Å². The molecule has 0 spiro atoms. The van der Waals surface area contributed by atoms with Crippen LogP contribution in [0.15, 0.2) is 243 Å². The number of benzene rings is 8. The molecule has 8 aromatic carbocycles. The molecule has 0 atom stereocenters. The fourth-order valence-corrected chi connectivity index (χ4v) is 68.1. The van der Waals surface area contributed by atoms with Crippen LogP contribution in [0.2, 0.25) is 25.2 Å². The Morgan fingerprint density at radius 2 is 0.409 bits per heavy atom. The van der Waals surface area contributed by atoms with E-state index in [0.717, 1.165) is 0 Å². The molecule has 0 aliphatic carbocycles. The zero-order valence-corrected chi connectivity index (χ0v) is 58.7. The number of hydrogen-bond acceptors (Lipinski definition) is 18. The number of hydrogen-bond donors (Lipinski definition) is 0. The van der Waals surface area contributed by atoms with Gasteiger partial charge in [0, 0.05) is 55.3 Å². The van der Waals surface area contributed by atoms with E-state index in [4.69, 9.17) is 67.1 Å². The summed E-state index contributed by atoms with van der Waals surface area (Å²) in [6.45, 7) is 6.66. The molecule has 8 aromatic rings. The van der Waals surface area contributed by atoms with E-state index in [9.17, 15) is 9.59 Å². The van der Waals surface area contributed by atoms with Crippen molar-refractivity contribution in [2.24, 2.45) is 0 Å². The lowest BCUT2D eigenvalue weighted by Gasteiger charge is -2.61. The molecule has 0 amide bonds. The summed E-state index contributed by atoms with van der Waals surface area (Å²) < 4.78 is 129. The zero-order valence-electron chi connectivity index (χ0n) is 48.7. The van der Waals surface area contributed by atoms with Crippen LogP contribution in [0.25, 0.3) is 0 Å². The highest BCUT2D eigenvalue weighted by Gasteiger charge is 2.83. The van der Waals surface area contributed by atoms with Crippen LogP contribution >= 0.6 is 0 Å². The first kappa shape index (κ1) is 61.2. The monoisotopic (exact) mass is 1350 g/mol. The summed E-state index contributed by atoms with van der Waals surface area (Å²) in [5.74, 6) is -0.895. The lowest BCUT2D eigenvalue weighted by molar-refractivity contribution is -0.141. The SMILES string of the molecule is CC(=O)OCCC[Si]1(C)O[Si]2(c3ccccc3)O[Si]3(c4ccccc4)O[Si]4(c5ccccc5)O[Si](C)(CCCOC(C)=O)O[Si]5(c6ccccc6)O[Si](c6ccccc6)(O[Si](c6ccccc6)(O1)O[Si](c1ccccc1)(O5)O[Si](c1ccccc1)(O2)O4)O3. The molecule has 14 rings (SSSR count). The van der Waals surface area contributed by atoms with Crippen LogP contribution in [0.1, 0.15) is 26.7 Å². The molecule has 6 aliphatic rings. The molecule has 452 valence electrons. The van der Waals surface area contributed by atoms with Gasteiger partial charge in [0.1, 0.15) is 0 Å². The Morgan fingerprint density at radius 3 is 0.557 bits per heavy atom. The quantitative estimate of drug-likeness (QED) is 0.0707. The van der Waals surface area contributed by atoms with E-state index in [-0.39, 0.29) is 38.1 Å². The molecule has 28 heteroatoms. The second-order valence-electron chi connectivity index (χ2n) is 22.0. The van der Waals surface area contributed by atoms with Crippen LogP contribution < -0.4 is 41.5 Å². The molecule has 0 saturated carbocycles. The summed E-state index contributed by atoms with van der Waals surface area (Å²) in [6, 6.07) is 76.1. The van der Waals surface area contributed by atoms with Gasteiger partial charge in [-0.2, -0.15) is 0 Å². The maximum Gasteiger partial charge on any atom is 0.515 e. The van der Waals surface area contributed by atoms with Gasteiger partial charge in [-0.05, 0) is 38.0 Å². The third-order valence-electron chi connectivity index (χ3n) is 15.3. The van der Waals surface area contributed by atoms with Crippen molar-refractivity contribution < 1.29 is 76.7 Å². The predicted octanol–water partition coefficient (Wildman–Crippen LogP) is 5.11. The van der Waals surface area contributed by atoms with Gasteiger partial charge in [-0.1, -0.05) is 243 Å². The van der Waals surface area contributed by atoms with Crippen molar-refractivity contribution in [2.75, 3.05) is 13.2 Å².